The van der Waals surface area contributed by atoms with Crippen LogP contribution in [0.4, 0.5) is 4.39 Å². The van der Waals surface area contributed by atoms with E-state index in [2.05, 4.69) is 28.2 Å². The van der Waals surface area contributed by atoms with Gasteiger partial charge in [-0.25, -0.2) is 4.39 Å². The molecule has 0 aliphatic rings. The molecule has 20 heavy (non-hydrogen) atoms. The maximum Gasteiger partial charge on any atom is 0.142 e. The van der Waals surface area contributed by atoms with Gasteiger partial charge in [-0.05, 0) is 36.4 Å². The third kappa shape index (κ3) is 3.95. The molecule has 2 nitrogen and oxygen atoms in total. The summed E-state index contributed by atoms with van der Waals surface area (Å²) in [5.74, 6) is 0.712. The Balaban J connectivity index is 2.13. The molecule has 0 fully saturated rings. The van der Waals surface area contributed by atoms with Crippen LogP contribution in [0.25, 0.3) is 0 Å². The van der Waals surface area contributed by atoms with E-state index in [-0.39, 0.29) is 5.02 Å². The molecule has 0 aromatic heterocycles. The summed E-state index contributed by atoms with van der Waals surface area (Å²) in [5, 5.41) is 3.30. The standard InChI is InChI=1S/C15H14BrClFNO/c1-2-19-9-10-3-4-11(7-13(10)16)20-12-5-6-15(18)14(17)8-12/h3-8,19H,2,9H2,1H3. The van der Waals surface area contributed by atoms with Gasteiger partial charge in [0.05, 0.1) is 5.02 Å². The molecule has 0 radical (unpaired) electrons. The van der Waals surface area contributed by atoms with E-state index in [0.29, 0.717) is 11.5 Å². The molecule has 0 bridgehead atoms. The van der Waals surface area contributed by atoms with Crippen molar-refractivity contribution < 1.29 is 9.13 Å². The molecule has 106 valence electrons. The molecule has 0 aliphatic heterocycles. The fraction of sp³-hybridized carbons (Fsp3) is 0.200. The van der Waals surface area contributed by atoms with Crippen LogP contribution in [0.5, 0.6) is 11.5 Å². The van der Waals surface area contributed by atoms with Crippen molar-refractivity contribution in [3.05, 3.63) is 57.3 Å². The smallest absolute Gasteiger partial charge is 0.142 e. The van der Waals surface area contributed by atoms with E-state index < -0.39 is 5.82 Å². The minimum absolute atomic E-state index is 0.0466. The Morgan fingerprint density at radius 3 is 2.55 bits per heavy atom. The zero-order valence-electron chi connectivity index (χ0n) is 10.9. The Bertz CT molecular complexity index is 606. The number of halogens is 3. The summed E-state index contributed by atoms with van der Waals surface area (Å²) in [6.45, 7) is 3.77. The summed E-state index contributed by atoms with van der Waals surface area (Å²) in [7, 11) is 0. The van der Waals surface area contributed by atoms with Crippen LogP contribution in [-0.2, 0) is 6.54 Å². The van der Waals surface area contributed by atoms with Gasteiger partial charge in [-0.15, -0.1) is 0 Å². The van der Waals surface area contributed by atoms with Crippen LogP contribution >= 0.6 is 27.5 Å². The van der Waals surface area contributed by atoms with Crippen molar-refractivity contribution in [2.75, 3.05) is 6.54 Å². The maximum absolute atomic E-state index is 13.1. The molecule has 0 amide bonds. The van der Waals surface area contributed by atoms with Gasteiger partial charge in [0.25, 0.3) is 0 Å². The third-order valence-corrected chi connectivity index (χ3v) is 3.74. The van der Waals surface area contributed by atoms with Crippen molar-refractivity contribution in [1.29, 1.82) is 0 Å². The van der Waals surface area contributed by atoms with Crippen LogP contribution in [-0.4, -0.2) is 6.54 Å². The monoisotopic (exact) mass is 357 g/mol. The van der Waals surface area contributed by atoms with E-state index in [4.69, 9.17) is 16.3 Å². The summed E-state index contributed by atoms with van der Waals surface area (Å²) in [6.07, 6.45) is 0. The van der Waals surface area contributed by atoms with Crippen LogP contribution in [0.3, 0.4) is 0 Å². The van der Waals surface area contributed by atoms with Gasteiger partial charge in [0, 0.05) is 17.1 Å². The van der Waals surface area contributed by atoms with Crippen LogP contribution in [0, 0.1) is 5.82 Å². The summed E-state index contributed by atoms with van der Waals surface area (Å²) in [4.78, 5) is 0. The lowest BCUT2D eigenvalue weighted by atomic mass is 10.2. The quantitative estimate of drug-likeness (QED) is 0.798. The van der Waals surface area contributed by atoms with Crippen molar-refractivity contribution in [3.8, 4) is 11.5 Å². The zero-order valence-corrected chi connectivity index (χ0v) is 13.3. The first-order chi connectivity index (χ1) is 9.60. The molecule has 2 aromatic rings. The predicted molar refractivity (Wildman–Crippen MR) is 83.0 cm³/mol. The van der Waals surface area contributed by atoms with Gasteiger partial charge in [0.2, 0.25) is 0 Å². The molecule has 0 spiro atoms. The van der Waals surface area contributed by atoms with E-state index >= 15 is 0 Å². The lowest BCUT2D eigenvalue weighted by Gasteiger charge is -2.10. The molecule has 0 saturated carbocycles. The van der Waals surface area contributed by atoms with Crippen molar-refractivity contribution in [2.24, 2.45) is 0 Å². The highest BCUT2D eigenvalue weighted by Crippen LogP contribution is 2.29. The first-order valence-corrected chi connectivity index (χ1v) is 7.39. The number of benzene rings is 2. The van der Waals surface area contributed by atoms with Gasteiger partial charge in [-0.2, -0.15) is 0 Å². The second-order valence-corrected chi connectivity index (χ2v) is 5.47. The van der Waals surface area contributed by atoms with Gasteiger partial charge < -0.3 is 10.1 Å². The summed E-state index contributed by atoms with van der Waals surface area (Å²) in [6, 6.07) is 10.0. The topological polar surface area (TPSA) is 21.3 Å². The highest BCUT2D eigenvalue weighted by molar-refractivity contribution is 9.10. The highest BCUT2D eigenvalue weighted by atomic mass is 79.9. The van der Waals surface area contributed by atoms with Crippen molar-refractivity contribution >= 4 is 27.5 Å². The largest absolute Gasteiger partial charge is 0.457 e. The molecule has 0 aliphatic carbocycles. The van der Waals surface area contributed by atoms with Crippen LogP contribution < -0.4 is 10.1 Å². The molecule has 5 heteroatoms. The minimum atomic E-state index is -0.457. The Hall–Kier alpha value is -1.10. The van der Waals surface area contributed by atoms with Gasteiger partial charge in [0.1, 0.15) is 17.3 Å². The van der Waals surface area contributed by atoms with Gasteiger partial charge in [-0.1, -0.05) is 40.5 Å². The van der Waals surface area contributed by atoms with E-state index in [1.807, 2.05) is 18.2 Å². The van der Waals surface area contributed by atoms with Crippen LogP contribution in [0.2, 0.25) is 5.02 Å². The maximum atomic E-state index is 13.1. The second-order valence-electron chi connectivity index (χ2n) is 4.21. The predicted octanol–water partition coefficient (Wildman–Crippen LogP) is 5.14. The fourth-order valence-electron chi connectivity index (χ4n) is 1.67. The number of hydrogen-bond donors (Lipinski definition) is 1. The summed E-state index contributed by atoms with van der Waals surface area (Å²) in [5.41, 5.74) is 1.15. The number of nitrogens with one attached hydrogen (secondary N) is 1. The average Bonchev–Trinajstić information content (AvgIpc) is 2.42. The number of rotatable bonds is 5. The molecular weight excluding hydrogens is 345 g/mol. The average molecular weight is 359 g/mol. The first kappa shape index (κ1) is 15.3. The van der Waals surface area contributed by atoms with E-state index in [1.165, 1.54) is 12.1 Å². The summed E-state index contributed by atoms with van der Waals surface area (Å²) >= 11 is 9.23. The van der Waals surface area contributed by atoms with E-state index in [1.54, 1.807) is 6.07 Å². The molecule has 0 heterocycles. The Morgan fingerprint density at radius 2 is 1.90 bits per heavy atom. The van der Waals surface area contributed by atoms with Gasteiger partial charge in [-0.3, -0.25) is 0 Å². The Labute approximate surface area is 131 Å². The van der Waals surface area contributed by atoms with Gasteiger partial charge >= 0.3 is 0 Å². The normalized spacial score (nSPS) is 10.6. The third-order valence-electron chi connectivity index (χ3n) is 2.72. The SMILES string of the molecule is CCNCc1ccc(Oc2ccc(F)c(Cl)c2)cc1Br. The molecule has 2 rings (SSSR count). The Morgan fingerprint density at radius 1 is 1.20 bits per heavy atom. The lowest BCUT2D eigenvalue weighted by Crippen LogP contribution is -2.11. The van der Waals surface area contributed by atoms with E-state index in [0.717, 1.165) is 23.1 Å². The fourth-order valence-corrected chi connectivity index (χ4v) is 2.34. The highest BCUT2D eigenvalue weighted by Gasteiger charge is 2.05. The lowest BCUT2D eigenvalue weighted by molar-refractivity contribution is 0.480. The number of ether oxygens (including phenoxy) is 1. The summed E-state index contributed by atoms with van der Waals surface area (Å²) < 4.78 is 19.7. The first-order valence-electron chi connectivity index (χ1n) is 6.22. The molecule has 0 unspecified atom stereocenters. The van der Waals surface area contributed by atoms with Crippen molar-refractivity contribution in [2.45, 2.75) is 13.5 Å². The molecule has 2 aromatic carbocycles. The zero-order chi connectivity index (χ0) is 14.5. The molecule has 0 atom stereocenters. The second kappa shape index (κ2) is 7.07. The van der Waals surface area contributed by atoms with Crippen LogP contribution in [0.1, 0.15) is 12.5 Å². The van der Waals surface area contributed by atoms with Gasteiger partial charge in [0.15, 0.2) is 0 Å². The van der Waals surface area contributed by atoms with Crippen molar-refractivity contribution in [3.63, 3.8) is 0 Å². The van der Waals surface area contributed by atoms with E-state index in [9.17, 15) is 4.39 Å². The van der Waals surface area contributed by atoms with Crippen LogP contribution in [0.15, 0.2) is 40.9 Å². The molecule has 1 N–H and O–H groups in total. The number of hydrogen-bond acceptors (Lipinski definition) is 2. The molecule has 0 saturated heterocycles. The Kier molecular flexibility index (Phi) is 5.40. The molecular formula is C15H14BrClFNO. The van der Waals surface area contributed by atoms with Crippen molar-refractivity contribution in [1.82, 2.24) is 5.32 Å². The minimum Gasteiger partial charge on any atom is -0.457 e.